The fourth-order valence-corrected chi connectivity index (χ4v) is 0.999. The van der Waals surface area contributed by atoms with Crippen molar-refractivity contribution in [2.24, 2.45) is 4.99 Å². The summed E-state index contributed by atoms with van der Waals surface area (Å²) < 4.78 is 18.0. The van der Waals surface area contributed by atoms with E-state index in [-0.39, 0.29) is 5.82 Å². The summed E-state index contributed by atoms with van der Waals surface area (Å²) >= 11 is 0. The van der Waals surface area contributed by atoms with Gasteiger partial charge in [0.25, 0.3) is 0 Å². The van der Waals surface area contributed by atoms with Crippen molar-refractivity contribution in [1.82, 2.24) is 0 Å². The van der Waals surface area contributed by atoms with Gasteiger partial charge in [0, 0.05) is 7.05 Å². The molecular weight excluding hydrogens is 181 g/mol. The van der Waals surface area contributed by atoms with Crippen molar-refractivity contribution in [3.8, 4) is 0 Å². The Balaban J connectivity index is 2.57. The summed E-state index contributed by atoms with van der Waals surface area (Å²) in [5.41, 5.74) is 0.771. The van der Waals surface area contributed by atoms with Crippen LogP contribution in [-0.4, -0.2) is 12.9 Å². The molecule has 2 nitrogen and oxygen atoms in total. The summed E-state index contributed by atoms with van der Waals surface area (Å²) in [7, 11) is 1.61. The van der Waals surface area contributed by atoms with E-state index >= 15 is 0 Å². The van der Waals surface area contributed by atoms with Gasteiger partial charge in [-0.1, -0.05) is 18.7 Å². The average molecular weight is 193 g/mol. The predicted molar refractivity (Wildman–Crippen MR) is 54.7 cm³/mol. The number of ether oxygens (including phenoxy) is 1. The minimum atomic E-state index is -0.264. The molecular formula is C11H12FNO. The van der Waals surface area contributed by atoms with Crippen LogP contribution in [0.15, 0.2) is 41.9 Å². The molecule has 0 aliphatic heterocycles. The van der Waals surface area contributed by atoms with E-state index in [1.165, 1.54) is 18.2 Å². The van der Waals surface area contributed by atoms with Crippen LogP contribution in [0.1, 0.15) is 5.56 Å². The molecule has 3 heteroatoms. The molecule has 1 rings (SSSR count). The van der Waals surface area contributed by atoms with Gasteiger partial charge in [-0.25, -0.2) is 4.39 Å². The van der Waals surface area contributed by atoms with Gasteiger partial charge in [0.1, 0.15) is 12.4 Å². The van der Waals surface area contributed by atoms with E-state index in [4.69, 9.17) is 4.74 Å². The monoisotopic (exact) mass is 193 g/mol. The molecule has 1 aromatic rings. The third-order valence-electron chi connectivity index (χ3n) is 1.67. The fourth-order valence-electron chi connectivity index (χ4n) is 0.999. The molecule has 0 spiro atoms. The van der Waals surface area contributed by atoms with E-state index in [2.05, 4.69) is 11.6 Å². The molecule has 1 aromatic carbocycles. The van der Waals surface area contributed by atoms with E-state index in [0.29, 0.717) is 12.5 Å². The van der Waals surface area contributed by atoms with Crippen LogP contribution in [0.25, 0.3) is 0 Å². The third-order valence-corrected chi connectivity index (χ3v) is 1.67. The average Bonchev–Trinajstić information content (AvgIpc) is 2.19. The molecule has 74 valence electrons. The predicted octanol–water partition coefficient (Wildman–Crippen LogP) is 2.56. The highest BCUT2D eigenvalue weighted by Gasteiger charge is 1.97. The molecule has 0 saturated heterocycles. The van der Waals surface area contributed by atoms with Gasteiger partial charge in [0.2, 0.25) is 5.90 Å². The summed E-state index contributed by atoms with van der Waals surface area (Å²) in [5.74, 6) is 0.189. The van der Waals surface area contributed by atoms with Crippen molar-refractivity contribution in [1.29, 1.82) is 0 Å². The maximum atomic E-state index is 12.7. The normalized spacial score (nSPS) is 11.1. The molecule has 0 N–H and O–H groups in total. The quantitative estimate of drug-likeness (QED) is 0.534. The van der Waals surface area contributed by atoms with E-state index in [1.54, 1.807) is 19.2 Å². The van der Waals surface area contributed by atoms with Crippen molar-refractivity contribution >= 4 is 5.90 Å². The molecule has 0 fully saturated rings. The molecule has 0 radical (unpaired) electrons. The first-order valence-corrected chi connectivity index (χ1v) is 4.22. The topological polar surface area (TPSA) is 21.6 Å². The van der Waals surface area contributed by atoms with Crippen LogP contribution in [0.3, 0.4) is 0 Å². The first-order chi connectivity index (χ1) is 6.76. The molecule has 0 aromatic heterocycles. The second-order valence-corrected chi connectivity index (χ2v) is 2.68. The molecule has 0 aliphatic rings. The van der Waals surface area contributed by atoms with Crippen LogP contribution >= 0.6 is 0 Å². The Hall–Kier alpha value is -1.64. The van der Waals surface area contributed by atoms with E-state index in [0.717, 1.165) is 5.56 Å². The molecule has 0 bridgehead atoms. The first-order valence-electron chi connectivity index (χ1n) is 4.22. The number of hydrogen-bond acceptors (Lipinski definition) is 2. The highest BCUT2D eigenvalue weighted by molar-refractivity contribution is 5.86. The molecule has 0 aliphatic carbocycles. The Morgan fingerprint density at radius 1 is 1.64 bits per heavy atom. The Morgan fingerprint density at radius 3 is 3.00 bits per heavy atom. The van der Waals surface area contributed by atoms with E-state index in [9.17, 15) is 4.39 Å². The molecule has 0 heterocycles. The standard InChI is InChI=1S/C11H12FNO/c1-3-11(13-2)14-8-9-5-4-6-10(12)7-9/h3-7H,1,8H2,2H3. The summed E-state index contributed by atoms with van der Waals surface area (Å²) in [4.78, 5) is 3.83. The lowest BCUT2D eigenvalue weighted by Crippen LogP contribution is -2.01. The summed E-state index contributed by atoms with van der Waals surface area (Å²) in [6.45, 7) is 3.83. The number of nitrogens with zero attached hydrogens (tertiary/aromatic N) is 1. The summed E-state index contributed by atoms with van der Waals surface area (Å²) in [6.07, 6.45) is 1.51. The van der Waals surface area contributed by atoms with Crippen LogP contribution in [0.4, 0.5) is 4.39 Å². The highest BCUT2D eigenvalue weighted by Crippen LogP contribution is 2.05. The van der Waals surface area contributed by atoms with Crippen molar-refractivity contribution in [3.63, 3.8) is 0 Å². The van der Waals surface area contributed by atoms with E-state index < -0.39 is 0 Å². The van der Waals surface area contributed by atoms with Crippen molar-refractivity contribution < 1.29 is 9.13 Å². The largest absolute Gasteiger partial charge is 0.473 e. The number of rotatable bonds is 3. The smallest absolute Gasteiger partial charge is 0.207 e. The van der Waals surface area contributed by atoms with Crippen molar-refractivity contribution in [2.45, 2.75) is 6.61 Å². The number of aliphatic imine (C=N–C) groups is 1. The van der Waals surface area contributed by atoms with Crippen LogP contribution in [-0.2, 0) is 11.3 Å². The van der Waals surface area contributed by atoms with Crippen LogP contribution < -0.4 is 0 Å². The molecule has 0 atom stereocenters. The zero-order valence-corrected chi connectivity index (χ0v) is 8.03. The fraction of sp³-hybridized carbons (Fsp3) is 0.182. The minimum absolute atomic E-state index is 0.264. The molecule has 0 unspecified atom stereocenters. The minimum Gasteiger partial charge on any atom is -0.473 e. The van der Waals surface area contributed by atoms with Crippen LogP contribution in [0.5, 0.6) is 0 Å². The zero-order valence-electron chi connectivity index (χ0n) is 8.03. The van der Waals surface area contributed by atoms with E-state index in [1.807, 2.05) is 0 Å². The van der Waals surface area contributed by atoms with Gasteiger partial charge in [-0.2, -0.15) is 0 Å². The Labute approximate surface area is 82.7 Å². The Morgan fingerprint density at radius 2 is 2.43 bits per heavy atom. The van der Waals surface area contributed by atoms with Crippen molar-refractivity contribution in [2.75, 3.05) is 7.05 Å². The second kappa shape index (κ2) is 5.17. The summed E-state index contributed by atoms with van der Waals surface area (Å²) in [6, 6.07) is 6.26. The van der Waals surface area contributed by atoms with Gasteiger partial charge >= 0.3 is 0 Å². The van der Waals surface area contributed by atoms with Gasteiger partial charge in [-0.3, -0.25) is 4.99 Å². The lowest BCUT2D eigenvalue weighted by Gasteiger charge is -2.04. The van der Waals surface area contributed by atoms with Gasteiger partial charge < -0.3 is 4.74 Å². The highest BCUT2D eigenvalue weighted by atomic mass is 19.1. The number of halogens is 1. The zero-order chi connectivity index (χ0) is 10.4. The lowest BCUT2D eigenvalue weighted by molar-refractivity contribution is 0.294. The van der Waals surface area contributed by atoms with Crippen LogP contribution in [0, 0.1) is 5.82 Å². The molecule has 0 saturated carbocycles. The maximum absolute atomic E-state index is 12.7. The second-order valence-electron chi connectivity index (χ2n) is 2.68. The Bertz CT molecular complexity index is 347. The molecule has 0 amide bonds. The van der Waals surface area contributed by atoms with Gasteiger partial charge in [0.05, 0.1) is 0 Å². The van der Waals surface area contributed by atoms with Gasteiger partial charge in [0.15, 0.2) is 0 Å². The maximum Gasteiger partial charge on any atom is 0.207 e. The summed E-state index contributed by atoms with van der Waals surface area (Å²) in [5, 5.41) is 0. The van der Waals surface area contributed by atoms with Gasteiger partial charge in [-0.05, 0) is 23.8 Å². The first kappa shape index (κ1) is 10.4. The SMILES string of the molecule is C=CC(=NC)OCc1cccc(F)c1. The van der Waals surface area contributed by atoms with Crippen molar-refractivity contribution in [3.05, 3.63) is 48.3 Å². The third kappa shape index (κ3) is 3.01. The van der Waals surface area contributed by atoms with Gasteiger partial charge in [-0.15, -0.1) is 0 Å². The lowest BCUT2D eigenvalue weighted by atomic mass is 10.2. The number of benzene rings is 1. The number of hydrogen-bond donors (Lipinski definition) is 0. The van der Waals surface area contributed by atoms with Crippen LogP contribution in [0.2, 0.25) is 0 Å². The Kier molecular flexibility index (Phi) is 3.85. The molecule has 14 heavy (non-hydrogen) atoms.